The second-order valence-corrected chi connectivity index (χ2v) is 7.93. The average Bonchev–Trinajstić information content (AvgIpc) is 3.35. The first-order chi connectivity index (χ1) is 14.7. The van der Waals surface area contributed by atoms with E-state index in [9.17, 15) is 4.79 Å². The van der Waals surface area contributed by atoms with Crippen molar-refractivity contribution in [1.82, 2.24) is 19.9 Å². The van der Waals surface area contributed by atoms with Gasteiger partial charge in [0, 0.05) is 18.7 Å². The minimum atomic E-state index is -0.0716. The third kappa shape index (κ3) is 4.36. The number of nitrogens with one attached hydrogen (secondary N) is 1. The van der Waals surface area contributed by atoms with E-state index in [0.717, 1.165) is 46.0 Å². The van der Waals surface area contributed by atoms with Crippen molar-refractivity contribution in [1.29, 1.82) is 0 Å². The van der Waals surface area contributed by atoms with Crippen LogP contribution in [0.2, 0.25) is 0 Å². The van der Waals surface area contributed by atoms with E-state index in [2.05, 4.69) is 25.9 Å². The molecule has 30 heavy (non-hydrogen) atoms. The van der Waals surface area contributed by atoms with E-state index < -0.39 is 0 Å². The van der Waals surface area contributed by atoms with Crippen LogP contribution in [0.25, 0.3) is 21.6 Å². The summed E-state index contributed by atoms with van der Waals surface area (Å²) in [4.78, 5) is 22.3. The average molecular weight is 421 g/mol. The Labute approximate surface area is 179 Å². The summed E-state index contributed by atoms with van der Waals surface area (Å²) >= 11 is 1.42. The highest BCUT2D eigenvalue weighted by Gasteiger charge is 2.16. The van der Waals surface area contributed by atoms with Gasteiger partial charge in [-0.1, -0.05) is 12.1 Å². The normalized spacial score (nSPS) is 11.0. The molecule has 7 heteroatoms. The van der Waals surface area contributed by atoms with E-state index in [0.29, 0.717) is 18.0 Å². The number of benzene rings is 2. The van der Waals surface area contributed by atoms with Crippen molar-refractivity contribution in [3.63, 3.8) is 0 Å². The first kappa shape index (κ1) is 20.1. The van der Waals surface area contributed by atoms with E-state index in [1.807, 2.05) is 62.6 Å². The molecular weight excluding hydrogens is 396 g/mol. The molecule has 0 aliphatic carbocycles. The largest absolute Gasteiger partial charge is 0.494 e. The van der Waals surface area contributed by atoms with E-state index in [1.54, 1.807) is 0 Å². The smallest absolute Gasteiger partial charge is 0.263 e. The van der Waals surface area contributed by atoms with Crippen molar-refractivity contribution >= 4 is 28.3 Å². The topological polar surface area (TPSA) is 69.0 Å². The number of amides is 1. The van der Waals surface area contributed by atoms with Crippen LogP contribution < -0.4 is 10.1 Å². The van der Waals surface area contributed by atoms with Crippen LogP contribution in [0.15, 0.2) is 54.9 Å². The van der Waals surface area contributed by atoms with Crippen LogP contribution in [0.4, 0.5) is 0 Å². The maximum Gasteiger partial charge on any atom is 0.263 e. The van der Waals surface area contributed by atoms with Crippen LogP contribution in [-0.2, 0) is 6.54 Å². The lowest BCUT2D eigenvalue weighted by Crippen LogP contribution is -2.25. The second-order valence-electron chi connectivity index (χ2n) is 6.93. The number of nitrogens with zero attached hydrogens (tertiary/aromatic N) is 3. The van der Waals surface area contributed by atoms with Gasteiger partial charge in [-0.25, -0.2) is 9.97 Å². The molecule has 2 aromatic heterocycles. The Morgan fingerprint density at radius 1 is 1.17 bits per heavy atom. The third-order valence-electron chi connectivity index (χ3n) is 4.80. The van der Waals surface area contributed by atoms with Gasteiger partial charge in [-0.15, -0.1) is 11.3 Å². The summed E-state index contributed by atoms with van der Waals surface area (Å²) < 4.78 is 7.60. The molecule has 0 radical (unpaired) electrons. The fraction of sp³-hybridized carbons (Fsp3) is 0.261. The molecule has 0 atom stereocenters. The summed E-state index contributed by atoms with van der Waals surface area (Å²) in [6.07, 6.45) is 2.68. The summed E-state index contributed by atoms with van der Waals surface area (Å²) in [5.74, 6) is 0.760. The first-order valence-electron chi connectivity index (χ1n) is 10.0. The molecule has 0 aliphatic heterocycles. The molecule has 1 N–H and O–H groups in total. The lowest BCUT2D eigenvalue weighted by molar-refractivity contribution is 0.0956. The predicted octanol–water partition coefficient (Wildman–Crippen LogP) is 4.69. The molecule has 0 fully saturated rings. The number of ether oxygens (including phenoxy) is 1. The summed E-state index contributed by atoms with van der Waals surface area (Å²) in [5.41, 5.74) is 3.84. The lowest BCUT2D eigenvalue weighted by Gasteiger charge is -2.06. The molecule has 0 spiro atoms. The van der Waals surface area contributed by atoms with Crippen molar-refractivity contribution in [2.24, 2.45) is 0 Å². The molecule has 6 nitrogen and oxygen atoms in total. The van der Waals surface area contributed by atoms with E-state index in [1.165, 1.54) is 11.3 Å². The summed E-state index contributed by atoms with van der Waals surface area (Å²) in [7, 11) is 0. The fourth-order valence-corrected chi connectivity index (χ4v) is 4.30. The Morgan fingerprint density at radius 2 is 1.97 bits per heavy atom. The van der Waals surface area contributed by atoms with Gasteiger partial charge in [0.15, 0.2) is 0 Å². The number of carbonyl (C=O) groups excluding carboxylic acids is 1. The van der Waals surface area contributed by atoms with Crippen molar-refractivity contribution in [3.8, 4) is 16.3 Å². The summed E-state index contributed by atoms with van der Waals surface area (Å²) in [6, 6.07) is 15.9. The molecule has 2 aromatic carbocycles. The van der Waals surface area contributed by atoms with Gasteiger partial charge in [-0.05, 0) is 56.7 Å². The number of hydrogen-bond acceptors (Lipinski definition) is 5. The van der Waals surface area contributed by atoms with Gasteiger partial charge in [-0.3, -0.25) is 4.79 Å². The molecule has 0 aliphatic rings. The highest BCUT2D eigenvalue weighted by molar-refractivity contribution is 7.17. The van der Waals surface area contributed by atoms with Gasteiger partial charge >= 0.3 is 0 Å². The van der Waals surface area contributed by atoms with Crippen molar-refractivity contribution in [3.05, 3.63) is 65.4 Å². The van der Waals surface area contributed by atoms with Gasteiger partial charge < -0.3 is 14.6 Å². The zero-order valence-corrected chi connectivity index (χ0v) is 17.9. The molecule has 1 amide bonds. The maximum atomic E-state index is 12.6. The van der Waals surface area contributed by atoms with Gasteiger partial charge in [0.1, 0.15) is 15.6 Å². The number of rotatable bonds is 8. The minimum Gasteiger partial charge on any atom is -0.494 e. The number of para-hydroxylation sites is 2. The molecule has 0 unspecified atom stereocenters. The number of aryl methyl sites for hydroxylation is 2. The first-order valence-corrected chi connectivity index (χ1v) is 10.9. The molecular formula is C23H24N4O2S. The SMILES string of the molecule is CCOc1ccc(-c2nc(C)c(C(=O)NCCCn3cnc4ccccc43)s2)cc1. The van der Waals surface area contributed by atoms with E-state index in [-0.39, 0.29) is 5.91 Å². The molecule has 4 aromatic rings. The molecule has 0 saturated heterocycles. The van der Waals surface area contributed by atoms with Gasteiger partial charge in [0.05, 0.1) is 29.7 Å². The zero-order chi connectivity index (χ0) is 20.9. The molecule has 4 rings (SSSR count). The third-order valence-corrected chi connectivity index (χ3v) is 6.01. The number of aromatic nitrogens is 3. The highest BCUT2D eigenvalue weighted by atomic mass is 32.1. The highest BCUT2D eigenvalue weighted by Crippen LogP contribution is 2.29. The quantitative estimate of drug-likeness (QED) is 0.420. The van der Waals surface area contributed by atoms with Crippen LogP contribution in [0.1, 0.15) is 28.7 Å². The molecule has 0 saturated carbocycles. The van der Waals surface area contributed by atoms with Crippen LogP contribution in [0.5, 0.6) is 5.75 Å². The minimum absolute atomic E-state index is 0.0716. The zero-order valence-electron chi connectivity index (χ0n) is 17.1. The number of hydrogen-bond donors (Lipinski definition) is 1. The Bertz CT molecular complexity index is 1150. The standard InChI is InChI=1S/C23H24N4O2S/c1-3-29-18-11-9-17(10-12-18)23-26-16(2)21(30-23)22(28)24-13-6-14-27-15-25-19-7-4-5-8-20(19)27/h4-5,7-12,15H,3,6,13-14H2,1-2H3,(H,24,28). The molecule has 0 bridgehead atoms. The van der Waals surface area contributed by atoms with Gasteiger partial charge in [-0.2, -0.15) is 0 Å². The van der Waals surface area contributed by atoms with Crippen LogP contribution in [-0.4, -0.2) is 33.6 Å². The monoisotopic (exact) mass is 420 g/mol. The van der Waals surface area contributed by atoms with Gasteiger partial charge in [0.25, 0.3) is 5.91 Å². The molecule has 2 heterocycles. The maximum absolute atomic E-state index is 12.6. The predicted molar refractivity (Wildman–Crippen MR) is 120 cm³/mol. The van der Waals surface area contributed by atoms with Crippen molar-refractivity contribution in [2.45, 2.75) is 26.8 Å². The summed E-state index contributed by atoms with van der Waals surface area (Å²) in [6.45, 7) is 5.87. The van der Waals surface area contributed by atoms with Crippen LogP contribution in [0, 0.1) is 6.92 Å². The van der Waals surface area contributed by atoms with E-state index in [4.69, 9.17) is 4.74 Å². The molecule has 154 valence electrons. The van der Waals surface area contributed by atoms with Crippen molar-refractivity contribution in [2.75, 3.05) is 13.2 Å². The number of carbonyl (C=O) groups is 1. The Morgan fingerprint density at radius 3 is 2.77 bits per heavy atom. The fourth-order valence-electron chi connectivity index (χ4n) is 3.31. The number of thiazole rings is 1. The number of imidazole rings is 1. The Balaban J connectivity index is 1.34. The van der Waals surface area contributed by atoms with Gasteiger partial charge in [0.2, 0.25) is 0 Å². The van der Waals surface area contributed by atoms with E-state index >= 15 is 0 Å². The lowest BCUT2D eigenvalue weighted by atomic mass is 10.2. The van der Waals surface area contributed by atoms with Crippen LogP contribution in [0.3, 0.4) is 0 Å². The Kier molecular flexibility index (Phi) is 6.09. The van der Waals surface area contributed by atoms with Crippen molar-refractivity contribution < 1.29 is 9.53 Å². The number of fused-ring (bicyclic) bond motifs is 1. The Hall–Kier alpha value is -3.19. The van der Waals surface area contributed by atoms with Crippen LogP contribution >= 0.6 is 11.3 Å². The second kappa shape index (κ2) is 9.09. The summed E-state index contributed by atoms with van der Waals surface area (Å²) in [5, 5.41) is 3.86.